The SMILES string of the molecule is C#CC(NC(=O)C(=O)O)C(C)C. The predicted molar refractivity (Wildman–Crippen MR) is 43.2 cm³/mol. The van der Waals surface area contributed by atoms with Gasteiger partial charge in [0.15, 0.2) is 0 Å². The summed E-state index contributed by atoms with van der Waals surface area (Å²) >= 11 is 0. The second kappa shape index (κ2) is 4.39. The zero-order chi connectivity index (χ0) is 9.72. The highest BCUT2D eigenvalue weighted by Crippen LogP contribution is 1.98. The fraction of sp³-hybridized carbons (Fsp3) is 0.500. The van der Waals surface area contributed by atoms with Gasteiger partial charge in [0, 0.05) is 0 Å². The van der Waals surface area contributed by atoms with Gasteiger partial charge in [-0.3, -0.25) is 4.79 Å². The van der Waals surface area contributed by atoms with Crippen molar-refractivity contribution in [2.75, 3.05) is 0 Å². The molecule has 0 saturated heterocycles. The third kappa shape index (κ3) is 3.06. The molecule has 0 aromatic heterocycles. The molecule has 0 rings (SSSR count). The lowest BCUT2D eigenvalue weighted by molar-refractivity contribution is -0.150. The molecule has 12 heavy (non-hydrogen) atoms. The van der Waals surface area contributed by atoms with E-state index in [0.29, 0.717) is 0 Å². The highest BCUT2D eigenvalue weighted by molar-refractivity contribution is 6.31. The van der Waals surface area contributed by atoms with Crippen molar-refractivity contribution in [3.05, 3.63) is 0 Å². The predicted octanol–water partition coefficient (Wildman–Crippen LogP) is -0.155. The minimum Gasteiger partial charge on any atom is -0.474 e. The van der Waals surface area contributed by atoms with Gasteiger partial charge in [-0.15, -0.1) is 6.42 Å². The molecule has 1 amide bonds. The molecule has 0 heterocycles. The Morgan fingerprint density at radius 2 is 2.00 bits per heavy atom. The van der Waals surface area contributed by atoms with E-state index in [1.165, 1.54) is 0 Å². The van der Waals surface area contributed by atoms with Crippen LogP contribution in [-0.4, -0.2) is 23.0 Å². The summed E-state index contributed by atoms with van der Waals surface area (Å²) in [6.07, 6.45) is 5.06. The molecule has 0 spiro atoms. The molecule has 0 aromatic rings. The van der Waals surface area contributed by atoms with Crippen molar-refractivity contribution in [2.45, 2.75) is 19.9 Å². The monoisotopic (exact) mass is 169 g/mol. The molecule has 0 saturated carbocycles. The van der Waals surface area contributed by atoms with Crippen molar-refractivity contribution in [3.8, 4) is 12.3 Å². The Bertz CT molecular complexity index is 227. The van der Waals surface area contributed by atoms with Crippen molar-refractivity contribution in [3.63, 3.8) is 0 Å². The lowest BCUT2D eigenvalue weighted by Crippen LogP contribution is -2.41. The van der Waals surface area contributed by atoms with E-state index in [1.807, 2.05) is 0 Å². The normalized spacial score (nSPS) is 11.8. The molecule has 4 nitrogen and oxygen atoms in total. The van der Waals surface area contributed by atoms with Gasteiger partial charge in [0.05, 0.1) is 6.04 Å². The van der Waals surface area contributed by atoms with Gasteiger partial charge in [-0.2, -0.15) is 0 Å². The smallest absolute Gasteiger partial charge is 0.394 e. The molecule has 0 aliphatic carbocycles. The molecule has 2 N–H and O–H groups in total. The second-order valence-corrected chi connectivity index (χ2v) is 2.67. The first kappa shape index (κ1) is 10.5. The number of carboxylic acid groups (broad SMARTS) is 1. The molecule has 1 unspecified atom stereocenters. The molecule has 0 aliphatic rings. The molecule has 0 radical (unpaired) electrons. The summed E-state index contributed by atoms with van der Waals surface area (Å²) < 4.78 is 0. The van der Waals surface area contributed by atoms with Gasteiger partial charge in [-0.1, -0.05) is 19.8 Å². The van der Waals surface area contributed by atoms with E-state index in [1.54, 1.807) is 13.8 Å². The number of rotatable bonds is 2. The zero-order valence-corrected chi connectivity index (χ0v) is 7.00. The zero-order valence-electron chi connectivity index (χ0n) is 7.00. The molecule has 0 aliphatic heterocycles. The maximum Gasteiger partial charge on any atom is 0.394 e. The van der Waals surface area contributed by atoms with E-state index in [0.717, 1.165) is 0 Å². The lowest BCUT2D eigenvalue weighted by Gasteiger charge is -2.14. The summed E-state index contributed by atoms with van der Waals surface area (Å²) in [5.74, 6) is -0.263. The summed E-state index contributed by atoms with van der Waals surface area (Å²) in [5, 5.41) is 10.4. The van der Waals surface area contributed by atoms with Crippen molar-refractivity contribution < 1.29 is 14.7 Å². The van der Waals surface area contributed by atoms with Crippen LogP contribution in [0.4, 0.5) is 0 Å². The Morgan fingerprint density at radius 1 is 1.50 bits per heavy atom. The van der Waals surface area contributed by atoms with E-state index in [-0.39, 0.29) is 5.92 Å². The largest absolute Gasteiger partial charge is 0.474 e. The van der Waals surface area contributed by atoms with Crippen LogP contribution in [0.1, 0.15) is 13.8 Å². The number of carboxylic acids is 1. The topological polar surface area (TPSA) is 66.4 Å². The van der Waals surface area contributed by atoms with Crippen LogP contribution < -0.4 is 5.32 Å². The Kier molecular flexibility index (Phi) is 3.84. The van der Waals surface area contributed by atoms with Gasteiger partial charge in [0.1, 0.15) is 0 Å². The molecule has 4 heteroatoms. The van der Waals surface area contributed by atoms with Crippen molar-refractivity contribution >= 4 is 11.9 Å². The van der Waals surface area contributed by atoms with E-state index in [2.05, 4.69) is 11.2 Å². The van der Waals surface area contributed by atoms with Crippen LogP contribution in [0.15, 0.2) is 0 Å². The van der Waals surface area contributed by atoms with Crippen LogP contribution in [0.3, 0.4) is 0 Å². The molecule has 1 atom stereocenters. The summed E-state index contributed by atoms with van der Waals surface area (Å²) in [6, 6.07) is -0.520. The Labute approximate surface area is 71.0 Å². The molecule has 0 bridgehead atoms. The number of hydrogen-bond donors (Lipinski definition) is 2. The van der Waals surface area contributed by atoms with Gasteiger partial charge in [-0.05, 0) is 5.92 Å². The Hall–Kier alpha value is -1.50. The van der Waals surface area contributed by atoms with Crippen LogP contribution in [0.5, 0.6) is 0 Å². The first-order valence-corrected chi connectivity index (χ1v) is 3.49. The first-order chi connectivity index (χ1) is 5.49. The highest BCUT2D eigenvalue weighted by Gasteiger charge is 2.17. The van der Waals surface area contributed by atoms with Gasteiger partial charge >= 0.3 is 11.9 Å². The highest BCUT2D eigenvalue weighted by atomic mass is 16.4. The quantitative estimate of drug-likeness (QED) is 0.446. The average molecular weight is 169 g/mol. The summed E-state index contributed by atoms with van der Waals surface area (Å²) in [4.78, 5) is 20.7. The van der Waals surface area contributed by atoms with Crippen molar-refractivity contribution in [2.24, 2.45) is 5.92 Å². The van der Waals surface area contributed by atoms with Crippen LogP contribution >= 0.6 is 0 Å². The first-order valence-electron chi connectivity index (χ1n) is 3.49. The fourth-order valence-electron chi connectivity index (χ4n) is 0.604. The van der Waals surface area contributed by atoms with E-state index >= 15 is 0 Å². The lowest BCUT2D eigenvalue weighted by atomic mass is 10.1. The molecule has 0 aromatic carbocycles. The van der Waals surface area contributed by atoms with E-state index < -0.39 is 17.9 Å². The minimum absolute atomic E-state index is 0.0262. The summed E-state index contributed by atoms with van der Waals surface area (Å²) in [5.41, 5.74) is 0. The average Bonchev–Trinajstić information content (AvgIpc) is 1.98. The van der Waals surface area contributed by atoms with Gasteiger partial charge in [-0.25, -0.2) is 4.79 Å². The number of nitrogens with one attached hydrogen (secondary N) is 1. The standard InChI is InChI=1S/C8H11NO3/c1-4-6(5(2)3)9-7(10)8(11)12/h1,5-6H,2-3H3,(H,9,10)(H,11,12). The van der Waals surface area contributed by atoms with Crippen molar-refractivity contribution in [1.29, 1.82) is 0 Å². The number of aliphatic carboxylic acids is 1. The van der Waals surface area contributed by atoms with Crippen molar-refractivity contribution in [1.82, 2.24) is 5.32 Å². The Morgan fingerprint density at radius 3 is 2.25 bits per heavy atom. The fourth-order valence-corrected chi connectivity index (χ4v) is 0.604. The van der Waals surface area contributed by atoms with E-state index in [9.17, 15) is 9.59 Å². The molecule has 0 fully saturated rings. The second-order valence-electron chi connectivity index (χ2n) is 2.67. The number of carbonyl (C=O) groups excluding carboxylic acids is 1. The summed E-state index contributed by atoms with van der Waals surface area (Å²) in [6.45, 7) is 3.60. The molecular formula is C8H11NO3. The van der Waals surface area contributed by atoms with Gasteiger partial charge < -0.3 is 10.4 Å². The van der Waals surface area contributed by atoms with Crippen LogP contribution in [-0.2, 0) is 9.59 Å². The number of hydrogen-bond acceptors (Lipinski definition) is 2. The third-order valence-electron chi connectivity index (χ3n) is 1.33. The minimum atomic E-state index is -1.52. The van der Waals surface area contributed by atoms with Gasteiger partial charge in [0.25, 0.3) is 0 Å². The van der Waals surface area contributed by atoms with Gasteiger partial charge in [0.2, 0.25) is 0 Å². The Balaban J connectivity index is 4.15. The summed E-state index contributed by atoms with van der Waals surface area (Å²) in [7, 11) is 0. The molecule has 66 valence electrons. The molecular weight excluding hydrogens is 158 g/mol. The maximum absolute atomic E-state index is 10.6. The number of carbonyl (C=O) groups is 2. The number of terminal acetylenes is 1. The van der Waals surface area contributed by atoms with Crippen LogP contribution in [0.2, 0.25) is 0 Å². The third-order valence-corrected chi connectivity index (χ3v) is 1.33. The van der Waals surface area contributed by atoms with E-state index in [4.69, 9.17) is 11.5 Å². The number of amides is 1. The van der Waals surface area contributed by atoms with Crippen LogP contribution in [0.25, 0.3) is 0 Å². The maximum atomic E-state index is 10.6. The van der Waals surface area contributed by atoms with Crippen LogP contribution in [0, 0.1) is 18.3 Å².